The molecule has 2 atom stereocenters. The SMILES string of the molecule is Cc1cccc(C(CC(C)CC(C)(C)C)NN)c1C. The zero-order valence-corrected chi connectivity index (χ0v) is 13.4. The topological polar surface area (TPSA) is 38.0 Å². The second kappa shape index (κ2) is 6.53. The lowest BCUT2D eigenvalue weighted by Crippen LogP contribution is -2.30. The minimum Gasteiger partial charge on any atom is -0.271 e. The quantitative estimate of drug-likeness (QED) is 0.614. The maximum Gasteiger partial charge on any atom is 0.0465 e. The van der Waals surface area contributed by atoms with Crippen LogP contribution < -0.4 is 11.3 Å². The van der Waals surface area contributed by atoms with Gasteiger partial charge in [-0.1, -0.05) is 45.9 Å². The summed E-state index contributed by atoms with van der Waals surface area (Å²) in [5, 5.41) is 0. The number of hydrogen-bond acceptors (Lipinski definition) is 2. The molecular formula is C17H30N2. The number of rotatable bonds is 5. The van der Waals surface area contributed by atoms with Crippen LogP contribution in [0.25, 0.3) is 0 Å². The van der Waals surface area contributed by atoms with E-state index in [0.29, 0.717) is 11.3 Å². The lowest BCUT2D eigenvalue weighted by molar-refractivity contribution is 0.276. The fraction of sp³-hybridized carbons (Fsp3) is 0.647. The zero-order valence-electron chi connectivity index (χ0n) is 13.4. The Morgan fingerprint density at radius 2 is 1.84 bits per heavy atom. The number of hydrogen-bond donors (Lipinski definition) is 2. The predicted octanol–water partition coefficient (Wildman–Crippen LogP) is 4.27. The molecule has 108 valence electrons. The second-order valence-corrected chi connectivity index (χ2v) is 7.11. The van der Waals surface area contributed by atoms with Gasteiger partial charge in [-0.3, -0.25) is 11.3 Å². The molecule has 2 heteroatoms. The molecule has 0 aromatic heterocycles. The maximum absolute atomic E-state index is 5.79. The fourth-order valence-electron chi connectivity index (χ4n) is 2.97. The first-order chi connectivity index (χ1) is 8.74. The Labute approximate surface area is 118 Å². The number of hydrazine groups is 1. The average Bonchev–Trinajstić information content (AvgIpc) is 2.27. The molecule has 2 unspecified atom stereocenters. The van der Waals surface area contributed by atoms with E-state index in [4.69, 9.17) is 5.84 Å². The summed E-state index contributed by atoms with van der Waals surface area (Å²) in [5.74, 6) is 6.44. The fourth-order valence-corrected chi connectivity index (χ4v) is 2.97. The molecule has 3 N–H and O–H groups in total. The van der Waals surface area contributed by atoms with Crippen LogP contribution in [0.3, 0.4) is 0 Å². The van der Waals surface area contributed by atoms with Gasteiger partial charge in [-0.15, -0.1) is 0 Å². The lowest BCUT2D eigenvalue weighted by atomic mass is 9.81. The summed E-state index contributed by atoms with van der Waals surface area (Å²) in [7, 11) is 0. The van der Waals surface area contributed by atoms with E-state index in [-0.39, 0.29) is 6.04 Å². The molecule has 0 fully saturated rings. The standard InChI is InChI=1S/C17H30N2/c1-12(11-17(4,5)6)10-16(19-18)15-9-7-8-13(2)14(15)3/h7-9,12,16,19H,10-11,18H2,1-6H3. The summed E-state index contributed by atoms with van der Waals surface area (Å²) in [6.45, 7) is 13.6. The van der Waals surface area contributed by atoms with Crippen molar-refractivity contribution < 1.29 is 0 Å². The van der Waals surface area contributed by atoms with Crippen molar-refractivity contribution in [3.63, 3.8) is 0 Å². The highest BCUT2D eigenvalue weighted by Gasteiger charge is 2.20. The van der Waals surface area contributed by atoms with Gasteiger partial charge in [-0.25, -0.2) is 0 Å². The minimum atomic E-state index is 0.247. The Morgan fingerprint density at radius 3 is 2.37 bits per heavy atom. The molecule has 1 aromatic carbocycles. The van der Waals surface area contributed by atoms with Crippen molar-refractivity contribution in [2.45, 2.75) is 60.4 Å². The van der Waals surface area contributed by atoms with Gasteiger partial charge in [0.2, 0.25) is 0 Å². The summed E-state index contributed by atoms with van der Waals surface area (Å²) < 4.78 is 0. The normalized spacial score (nSPS) is 15.3. The number of benzene rings is 1. The molecule has 0 saturated carbocycles. The smallest absolute Gasteiger partial charge is 0.0465 e. The number of nitrogens with two attached hydrogens (primary N) is 1. The third-order valence-corrected chi connectivity index (χ3v) is 3.82. The molecule has 0 amide bonds. The summed E-state index contributed by atoms with van der Waals surface area (Å²) in [6.07, 6.45) is 2.30. The van der Waals surface area contributed by atoms with Gasteiger partial charge < -0.3 is 0 Å². The molecule has 0 saturated heterocycles. The van der Waals surface area contributed by atoms with Gasteiger partial charge in [-0.2, -0.15) is 0 Å². The van der Waals surface area contributed by atoms with Gasteiger partial charge in [0, 0.05) is 6.04 Å². The Balaban J connectivity index is 2.81. The maximum atomic E-state index is 5.79. The summed E-state index contributed by atoms with van der Waals surface area (Å²) in [4.78, 5) is 0. The molecule has 0 radical (unpaired) electrons. The van der Waals surface area contributed by atoms with Crippen molar-refractivity contribution in [1.82, 2.24) is 5.43 Å². The summed E-state index contributed by atoms with van der Waals surface area (Å²) >= 11 is 0. The third-order valence-electron chi connectivity index (χ3n) is 3.82. The van der Waals surface area contributed by atoms with E-state index in [0.717, 1.165) is 6.42 Å². The zero-order chi connectivity index (χ0) is 14.6. The van der Waals surface area contributed by atoms with Gasteiger partial charge in [0.1, 0.15) is 0 Å². The molecule has 0 aliphatic heterocycles. The molecule has 2 nitrogen and oxygen atoms in total. The largest absolute Gasteiger partial charge is 0.271 e. The molecule has 0 heterocycles. The van der Waals surface area contributed by atoms with E-state index in [1.165, 1.54) is 23.1 Å². The van der Waals surface area contributed by atoms with Crippen molar-refractivity contribution in [3.05, 3.63) is 34.9 Å². The van der Waals surface area contributed by atoms with Crippen LogP contribution in [0, 0.1) is 25.2 Å². The number of aryl methyl sites for hydroxylation is 1. The van der Waals surface area contributed by atoms with Crippen LogP contribution in [0.1, 0.15) is 63.3 Å². The van der Waals surface area contributed by atoms with Gasteiger partial charge in [0.25, 0.3) is 0 Å². The number of nitrogens with one attached hydrogen (secondary N) is 1. The van der Waals surface area contributed by atoms with E-state index in [2.05, 4.69) is 65.2 Å². The van der Waals surface area contributed by atoms with E-state index in [1.807, 2.05) is 0 Å². The van der Waals surface area contributed by atoms with Crippen molar-refractivity contribution >= 4 is 0 Å². The van der Waals surface area contributed by atoms with Crippen LogP contribution in [0.4, 0.5) is 0 Å². The molecule has 1 aromatic rings. The van der Waals surface area contributed by atoms with E-state index in [1.54, 1.807) is 0 Å². The van der Waals surface area contributed by atoms with Crippen LogP contribution >= 0.6 is 0 Å². The summed E-state index contributed by atoms with van der Waals surface area (Å²) in [6, 6.07) is 6.72. The first kappa shape index (κ1) is 16.2. The average molecular weight is 262 g/mol. The Morgan fingerprint density at radius 1 is 1.21 bits per heavy atom. The minimum absolute atomic E-state index is 0.247. The van der Waals surface area contributed by atoms with Crippen LogP contribution in [0.15, 0.2) is 18.2 Å². The highest BCUT2D eigenvalue weighted by Crippen LogP contribution is 2.31. The molecule has 0 aliphatic rings. The van der Waals surface area contributed by atoms with Gasteiger partial charge >= 0.3 is 0 Å². The lowest BCUT2D eigenvalue weighted by Gasteiger charge is -2.27. The van der Waals surface area contributed by atoms with Crippen molar-refractivity contribution in [3.8, 4) is 0 Å². The molecule has 0 aliphatic carbocycles. The summed E-state index contributed by atoms with van der Waals surface area (Å²) in [5.41, 5.74) is 7.40. The van der Waals surface area contributed by atoms with Crippen LogP contribution in [-0.4, -0.2) is 0 Å². The van der Waals surface area contributed by atoms with Crippen molar-refractivity contribution in [1.29, 1.82) is 0 Å². The van der Waals surface area contributed by atoms with Crippen molar-refractivity contribution in [2.75, 3.05) is 0 Å². The first-order valence-electron chi connectivity index (χ1n) is 7.27. The van der Waals surface area contributed by atoms with Crippen LogP contribution in [-0.2, 0) is 0 Å². The van der Waals surface area contributed by atoms with Crippen LogP contribution in [0.2, 0.25) is 0 Å². The molecular weight excluding hydrogens is 232 g/mol. The highest BCUT2D eigenvalue weighted by molar-refractivity contribution is 5.35. The Hall–Kier alpha value is -0.860. The van der Waals surface area contributed by atoms with E-state index < -0.39 is 0 Å². The van der Waals surface area contributed by atoms with Gasteiger partial charge in [0.15, 0.2) is 0 Å². The van der Waals surface area contributed by atoms with E-state index >= 15 is 0 Å². The first-order valence-corrected chi connectivity index (χ1v) is 7.27. The predicted molar refractivity (Wildman–Crippen MR) is 83.8 cm³/mol. The Kier molecular flexibility index (Phi) is 5.57. The molecule has 1 rings (SSSR count). The van der Waals surface area contributed by atoms with Crippen LogP contribution in [0.5, 0.6) is 0 Å². The van der Waals surface area contributed by atoms with Crippen molar-refractivity contribution in [2.24, 2.45) is 17.2 Å². The molecule has 0 bridgehead atoms. The molecule has 19 heavy (non-hydrogen) atoms. The Bertz CT molecular complexity index is 404. The second-order valence-electron chi connectivity index (χ2n) is 7.11. The van der Waals surface area contributed by atoms with E-state index in [9.17, 15) is 0 Å². The monoisotopic (exact) mass is 262 g/mol. The van der Waals surface area contributed by atoms with Gasteiger partial charge in [-0.05, 0) is 54.7 Å². The van der Waals surface area contributed by atoms with Gasteiger partial charge in [0.05, 0.1) is 0 Å². The highest BCUT2D eigenvalue weighted by atomic mass is 15.2. The molecule has 0 spiro atoms. The third kappa shape index (κ3) is 4.96.